The van der Waals surface area contributed by atoms with E-state index in [1.165, 1.54) is 0 Å². The van der Waals surface area contributed by atoms with Crippen LogP contribution in [0.15, 0.2) is 28.8 Å². The molecule has 3 heterocycles. The van der Waals surface area contributed by atoms with Crippen LogP contribution in [0.1, 0.15) is 48.7 Å². The minimum absolute atomic E-state index is 0.114. The lowest BCUT2D eigenvalue weighted by Gasteiger charge is -2.32. The number of nitrogens with one attached hydrogen (secondary N) is 1. The van der Waals surface area contributed by atoms with E-state index in [1.807, 2.05) is 6.92 Å². The van der Waals surface area contributed by atoms with Crippen molar-refractivity contribution in [3.8, 4) is 5.75 Å². The zero-order chi connectivity index (χ0) is 19.0. The van der Waals surface area contributed by atoms with Gasteiger partial charge in [0.2, 0.25) is 5.89 Å². The number of aryl methyl sites for hydroxylation is 1. The molecule has 1 saturated heterocycles. The fourth-order valence-corrected chi connectivity index (χ4v) is 3.63. The zero-order valence-corrected chi connectivity index (χ0v) is 15.6. The molecule has 0 bridgehead atoms. The Morgan fingerprint density at radius 2 is 2.22 bits per heavy atom. The first-order chi connectivity index (χ1) is 13.0. The van der Waals surface area contributed by atoms with Crippen LogP contribution in [-0.4, -0.2) is 34.8 Å². The van der Waals surface area contributed by atoms with Crippen molar-refractivity contribution in [3.63, 3.8) is 0 Å². The molecular weight excluding hydrogens is 372 g/mol. The zero-order valence-electron chi connectivity index (χ0n) is 14.9. The SMILES string of the molecule is Cc1cnc([C@@H]2CC[C@@H](NC(=O)[C@H]3C[C@@H](O)c4cc(Cl)ccc4O3)CO2)o1. The van der Waals surface area contributed by atoms with Crippen molar-refractivity contribution >= 4 is 17.5 Å². The number of rotatable bonds is 3. The van der Waals surface area contributed by atoms with Crippen LogP contribution in [-0.2, 0) is 9.53 Å². The van der Waals surface area contributed by atoms with Crippen molar-refractivity contribution in [1.82, 2.24) is 10.3 Å². The summed E-state index contributed by atoms with van der Waals surface area (Å²) >= 11 is 5.96. The molecule has 2 aliphatic heterocycles. The summed E-state index contributed by atoms with van der Waals surface area (Å²) in [5, 5.41) is 13.8. The summed E-state index contributed by atoms with van der Waals surface area (Å²) in [5.41, 5.74) is 0.608. The molecule has 144 valence electrons. The first-order valence-electron chi connectivity index (χ1n) is 8.98. The summed E-state index contributed by atoms with van der Waals surface area (Å²) in [6.45, 7) is 2.21. The third-order valence-electron chi connectivity index (χ3n) is 4.87. The normalized spacial score (nSPS) is 27.5. The Morgan fingerprint density at radius 1 is 1.37 bits per heavy atom. The maximum Gasteiger partial charge on any atom is 0.261 e. The molecule has 7 nitrogen and oxygen atoms in total. The van der Waals surface area contributed by atoms with Gasteiger partial charge in [0.1, 0.15) is 17.6 Å². The summed E-state index contributed by atoms with van der Waals surface area (Å²) < 4.78 is 17.1. The van der Waals surface area contributed by atoms with Gasteiger partial charge in [0.05, 0.1) is 24.9 Å². The molecule has 0 unspecified atom stereocenters. The molecule has 2 aromatic rings. The molecule has 0 radical (unpaired) electrons. The highest BCUT2D eigenvalue weighted by Gasteiger charge is 2.34. The Balaban J connectivity index is 1.33. The molecule has 2 N–H and O–H groups in total. The lowest BCUT2D eigenvalue weighted by Crippen LogP contribution is -2.48. The Labute approximate surface area is 161 Å². The molecule has 1 amide bonds. The van der Waals surface area contributed by atoms with Crippen LogP contribution >= 0.6 is 11.6 Å². The quantitative estimate of drug-likeness (QED) is 0.834. The highest BCUT2D eigenvalue weighted by atomic mass is 35.5. The number of hydrogen-bond donors (Lipinski definition) is 2. The minimum atomic E-state index is -0.788. The molecule has 1 fully saturated rings. The Hall–Kier alpha value is -2.09. The average Bonchev–Trinajstić information content (AvgIpc) is 3.09. The smallest absolute Gasteiger partial charge is 0.261 e. The molecule has 0 spiro atoms. The van der Waals surface area contributed by atoms with Crippen LogP contribution in [0.5, 0.6) is 5.75 Å². The Kier molecular flexibility index (Phi) is 5.08. The largest absolute Gasteiger partial charge is 0.480 e. The molecule has 1 aromatic heterocycles. The van der Waals surface area contributed by atoms with E-state index in [1.54, 1.807) is 24.4 Å². The van der Waals surface area contributed by atoms with Gasteiger partial charge in [-0.25, -0.2) is 4.98 Å². The summed E-state index contributed by atoms with van der Waals surface area (Å²) in [5.74, 6) is 1.55. The minimum Gasteiger partial charge on any atom is -0.480 e. The standard InChI is InChI=1S/C19H21ClN2O5/c1-10-8-21-19(26-10)16-5-3-12(9-25-16)22-18(24)17-7-14(23)13-6-11(20)2-4-15(13)27-17/h2,4,6,8,12,14,16-17,23H,3,5,7,9H2,1H3,(H,22,24)/t12-,14-,16+,17-/m1/s1. The number of aliphatic hydroxyl groups is 1. The van der Waals surface area contributed by atoms with Gasteiger partial charge >= 0.3 is 0 Å². The lowest BCUT2D eigenvalue weighted by molar-refractivity contribution is -0.132. The molecule has 2 aliphatic rings. The number of halogens is 1. The van der Waals surface area contributed by atoms with Gasteiger partial charge in [-0.3, -0.25) is 4.79 Å². The van der Waals surface area contributed by atoms with Gasteiger partial charge in [-0.15, -0.1) is 0 Å². The third-order valence-corrected chi connectivity index (χ3v) is 5.10. The molecule has 1 aromatic carbocycles. The molecule has 0 aliphatic carbocycles. The predicted octanol–water partition coefficient (Wildman–Crippen LogP) is 2.86. The fourth-order valence-electron chi connectivity index (χ4n) is 3.45. The van der Waals surface area contributed by atoms with Crippen LogP contribution in [0.2, 0.25) is 5.02 Å². The number of carbonyl (C=O) groups excluding carboxylic acids is 1. The van der Waals surface area contributed by atoms with E-state index in [4.69, 9.17) is 25.5 Å². The van der Waals surface area contributed by atoms with Crippen LogP contribution in [0.4, 0.5) is 0 Å². The molecular formula is C19H21ClN2O5. The first kappa shape index (κ1) is 18.3. The second-order valence-corrected chi connectivity index (χ2v) is 7.39. The summed E-state index contributed by atoms with van der Waals surface area (Å²) in [6, 6.07) is 4.90. The maximum absolute atomic E-state index is 12.6. The number of oxazole rings is 1. The molecule has 4 rings (SSSR count). The highest BCUT2D eigenvalue weighted by Crippen LogP contribution is 2.36. The highest BCUT2D eigenvalue weighted by molar-refractivity contribution is 6.30. The summed E-state index contributed by atoms with van der Waals surface area (Å²) in [7, 11) is 0. The van der Waals surface area contributed by atoms with E-state index in [0.29, 0.717) is 35.3 Å². The number of ether oxygens (including phenoxy) is 2. The van der Waals surface area contributed by atoms with E-state index in [-0.39, 0.29) is 24.5 Å². The van der Waals surface area contributed by atoms with E-state index in [9.17, 15) is 9.90 Å². The maximum atomic E-state index is 12.6. The average molecular weight is 393 g/mol. The van der Waals surface area contributed by atoms with Gasteiger partial charge in [0, 0.05) is 17.0 Å². The van der Waals surface area contributed by atoms with Crippen LogP contribution in [0.25, 0.3) is 0 Å². The van der Waals surface area contributed by atoms with Gasteiger partial charge < -0.3 is 24.3 Å². The van der Waals surface area contributed by atoms with E-state index in [0.717, 1.165) is 12.2 Å². The number of nitrogens with zero attached hydrogens (tertiary/aromatic N) is 1. The predicted molar refractivity (Wildman–Crippen MR) is 96.5 cm³/mol. The van der Waals surface area contributed by atoms with E-state index < -0.39 is 12.2 Å². The number of hydrogen-bond acceptors (Lipinski definition) is 6. The number of aliphatic hydroxyl groups excluding tert-OH is 1. The summed E-state index contributed by atoms with van der Waals surface area (Å²) in [6.07, 6.45) is 1.59. The van der Waals surface area contributed by atoms with Gasteiger partial charge in [0.15, 0.2) is 6.10 Å². The van der Waals surface area contributed by atoms with Crippen molar-refractivity contribution < 1.29 is 23.8 Å². The second-order valence-electron chi connectivity index (χ2n) is 6.95. The lowest BCUT2D eigenvalue weighted by atomic mass is 9.98. The van der Waals surface area contributed by atoms with Crippen LogP contribution in [0, 0.1) is 6.92 Å². The summed E-state index contributed by atoms with van der Waals surface area (Å²) in [4.78, 5) is 16.8. The van der Waals surface area contributed by atoms with Gasteiger partial charge in [0.25, 0.3) is 5.91 Å². The number of carbonyl (C=O) groups is 1. The second kappa shape index (κ2) is 7.50. The van der Waals surface area contributed by atoms with Crippen LogP contribution in [0.3, 0.4) is 0 Å². The third kappa shape index (κ3) is 3.95. The monoisotopic (exact) mass is 392 g/mol. The first-order valence-corrected chi connectivity index (χ1v) is 9.36. The number of benzene rings is 1. The van der Waals surface area contributed by atoms with Gasteiger partial charge in [-0.1, -0.05) is 11.6 Å². The number of amides is 1. The fraction of sp³-hybridized carbons (Fsp3) is 0.474. The molecule has 27 heavy (non-hydrogen) atoms. The van der Waals surface area contributed by atoms with Gasteiger partial charge in [-0.2, -0.15) is 0 Å². The van der Waals surface area contributed by atoms with Crippen molar-refractivity contribution in [1.29, 1.82) is 0 Å². The topological polar surface area (TPSA) is 93.8 Å². The number of fused-ring (bicyclic) bond motifs is 1. The van der Waals surface area contributed by atoms with Crippen molar-refractivity contribution in [3.05, 3.63) is 46.6 Å². The Morgan fingerprint density at radius 3 is 2.93 bits per heavy atom. The van der Waals surface area contributed by atoms with Crippen molar-refractivity contribution in [2.75, 3.05) is 6.61 Å². The van der Waals surface area contributed by atoms with Crippen LogP contribution < -0.4 is 10.1 Å². The van der Waals surface area contributed by atoms with E-state index in [2.05, 4.69) is 10.3 Å². The molecule has 0 saturated carbocycles. The Bertz CT molecular complexity index is 831. The number of aromatic nitrogens is 1. The molecule has 8 heteroatoms. The molecule has 4 atom stereocenters. The van der Waals surface area contributed by atoms with E-state index >= 15 is 0 Å². The van der Waals surface area contributed by atoms with Crippen molar-refractivity contribution in [2.45, 2.75) is 50.5 Å². The van der Waals surface area contributed by atoms with Gasteiger partial charge in [-0.05, 0) is 38.0 Å². The van der Waals surface area contributed by atoms with Crippen molar-refractivity contribution in [2.24, 2.45) is 0 Å².